The fourth-order valence-electron chi connectivity index (χ4n) is 2.05. The quantitative estimate of drug-likeness (QED) is 0.755. The molecule has 0 aliphatic heterocycles. The van der Waals surface area contributed by atoms with Crippen molar-refractivity contribution in [3.63, 3.8) is 0 Å². The summed E-state index contributed by atoms with van der Waals surface area (Å²) in [4.78, 5) is 0. The number of benzene rings is 2. The number of phenolic OH excluding ortho intramolecular Hbond substituents is 1. The van der Waals surface area contributed by atoms with Gasteiger partial charge in [0.1, 0.15) is 0 Å². The van der Waals surface area contributed by atoms with Gasteiger partial charge in [0, 0.05) is 6.54 Å². The van der Waals surface area contributed by atoms with Gasteiger partial charge in [-0.2, -0.15) is 0 Å². The Morgan fingerprint density at radius 2 is 1.90 bits per heavy atom. The number of methoxy groups -OCH3 is 1. The lowest BCUT2D eigenvalue weighted by molar-refractivity contribution is 0.243. The summed E-state index contributed by atoms with van der Waals surface area (Å²) < 4.78 is 5.08. The molecule has 0 heterocycles. The van der Waals surface area contributed by atoms with Crippen molar-refractivity contribution in [2.24, 2.45) is 0 Å². The van der Waals surface area contributed by atoms with E-state index in [0.29, 0.717) is 12.3 Å². The number of phenols is 1. The summed E-state index contributed by atoms with van der Waals surface area (Å²) in [5.74, 6) is 0.572. The molecule has 0 saturated heterocycles. The van der Waals surface area contributed by atoms with Gasteiger partial charge >= 0.3 is 0 Å². The zero-order valence-corrected chi connectivity index (χ0v) is 11.4. The van der Waals surface area contributed by atoms with Crippen LogP contribution in [-0.2, 0) is 6.54 Å². The summed E-state index contributed by atoms with van der Waals surface area (Å²) >= 11 is 0. The van der Waals surface area contributed by atoms with Crippen LogP contribution in [-0.4, -0.2) is 23.9 Å². The second-order valence-corrected chi connectivity index (χ2v) is 4.53. The van der Waals surface area contributed by atoms with E-state index in [4.69, 9.17) is 4.74 Å². The minimum absolute atomic E-state index is 0.0270. The van der Waals surface area contributed by atoms with Crippen molar-refractivity contribution in [3.8, 4) is 11.5 Å². The third-order valence-electron chi connectivity index (χ3n) is 3.18. The van der Waals surface area contributed by atoms with Gasteiger partial charge in [-0.1, -0.05) is 36.4 Å². The van der Waals surface area contributed by atoms with Crippen LogP contribution in [0.1, 0.15) is 17.2 Å². The largest absolute Gasteiger partial charge is 0.504 e. The van der Waals surface area contributed by atoms with Crippen molar-refractivity contribution in [3.05, 3.63) is 59.7 Å². The lowest BCUT2D eigenvalue weighted by atomic mass is 10.1. The fraction of sp³-hybridized carbons (Fsp3) is 0.250. The van der Waals surface area contributed by atoms with Crippen LogP contribution < -0.4 is 10.1 Å². The van der Waals surface area contributed by atoms with Crippen LogP contribution >= 0.6 is 0 Å². The van der Waals surface area contributed by atoms with Gasteiger partial charge in [0.15, 0.2) is 11.5 Å². The molecule has 2 aromatic carbocycles. The summed E-state index contributed by atoms with van der Waals surface area (Å²) in [6.07, 6.45) is 0. The Morgan fingerprint density at radius 3 is 2.55 bits per heavy atom. The second-order valence-electron chi connectivity index (χ2n) is 4.53. The maximum Gasteiger partial charge on any atom is 0.160 e. The molecule has 0 radical (unpaired) electrons. The van der Waals surface area contributed by atoms with E-state index >= 15 is 0 Å². The van der Waals surface area contributed by atoms with Crippen molar-refractivity contribution < 1.29 is 14.9 Å². The van der Waals surface area contributed by atoms with Crippen molar-refractivity contribution in [1.82, 2.24) is 5.32 Å². The highest BCUT2D eigenvalue weighted by Gasteiger charge is 2.10. The number of aliphatic hydroxyl groups excluding tert-OH is 1. The predicted molar refractivity (Wildman–Crippen MR) is 77.8 cm³/mol. The molecular weight excluding hydrogens is 254 g/mol. The molecule has 4 nitrogen and oxygen atoms in total. The SMILES string of the molecule is COc1cc(CNC(CO)c2ccccc2)ccc1O. The van der Waals surface area contributed by atoms with Crippen molar-refractivity contribution in [1.29, 1.82) is 0 Å². The molecule has 0 aliphatic rings. The zero-order valence-electron chi connectivity index (χ0n) is 11.4. The van der Waals surface area contributed by atoms with Crippen LogP contribution in [0, 0.1) is 0 Å². The van der Waals surface area contributed by atoms with E-state index in [9.17, 15) is 10.2 Å². The third kappa shape index (κ3) is 3.50. The number of aliphatic hydroxyl groups is 1. The van der Waals surface area contributed by atoms with E-state index in [0.717, 1.165) is 11.1 Å². The van der Waals surface area contributed by atoms with Gasteiger partial charge in [-0.25, -0.2) is 0 Å². The Kier molecular flexibility index (Phi) is 4.98. The molecule has 4 heteroatoms. The zero-order chi connectivity index (χ0) is 14.4. The van der Waals surface area contributed by atoms with E-state index in [2.05, 4.69) is 5.32 Å². The Labute approximate surface area is 118 Å². The number of hydrogen-bond donors (Lipinski definition) is 3. The van der Waals surface area contributed by atoms with E-state index in [-0.39, 0.29) is 18.4 Å². The van der Waals surface area contributed by atoms with Crippen molar-refractivity contribution >= 4 is 0 Å². The minimum atomic E-state index is -0.115. The van der Waals surface area contributed by atoms with E-state index in [1.807, 2.05) is 36.4 Å². The Balaban J connectivity index is 2.03. The highest BCUT2D eigenvalue weighted by molar-refractivity contribution is 5.41. The Bertz CT molecular complexity index is 543. The smallest absolute Gasteiger partial charge is 0.160 e. The maximum absolute atomic E-state index is 9.55. The van der Waals surface area contributed by atoms with Crippen LogP contribution in [0.4, 0.5) is 0 Å². The summed E-state index contributed by atoms with van der Waals surface area (Å²) in [6.45, 7) is 0.607. The predicted octanol–water partition coefficient (Wildman–Crippen LogP) is 2.22. The van der Waals surface area contributed by atoms with Gasteiger partial charge in [0.05, 0.1) is 19.8 Å². The molecule has 3 N–H and O–H groups in total. The summed E-state index contributed by atoms with van der Waals surface area (Å²) in [5.41, 5.74) is 2.02. The molecule has 0 aliphatic carbocycles. The van der Waals surface area contributed by atoms with Gasteiger partial charge in [-0.3, -0.25) is 0 Å². The van der Waals surface area contributed by atoms with Gasteiger partial charge in [-0.15, -0.1) is 0 Å². The monoisotopic (exact) mass is 273 g/mol. The number of nitrogens with one attached hydrogen (secondary N) is 1. The first kappa shape index (κ1) is 14.4. The van der Waals surface area contributed by atoms with E-state index < -0.39 is 0 Å². The first-order valence-electron chi connectivity index (χ1n) is 6.49. The summed E-state index contributed by atoms with van der Waals surface area (Å²) in [7, 11) is 1.52. The molecule has 1 unspecified atom stereocenters. The topological polar surface area (TPSA) is 61.7 Å². The maximum atomic E-state index is 9.55. The molecule has 0 spiro atoms. The van der Waals surface area contributed by atoms with Gasteiger partial charge in [-0.05, 0) is 23.3 Å². The molecule has 0 amide bonds. The van der Waals surface area contributed by atoms with Crippen LogP contribution in [0.25, 0.3) is 0 Å². The molecule has 20 heavy (non-hydrogen) atoms. The van der Waals surface area contributed by atoms with Gasteiger partial charge in [0.2, 0.25) is 0 Å². The lowest BCUT2D eigenvalue weighted by Gasteiger charge is -2.17. The van der Waals surface area contributed by atoms with Crippen LogP contribution in [0.3, 0.4) is 0 Å². The molecular formula is C16H19NO3. The molecule has 2 rings (SSSR count). The van der Waals surface area contributed by atoms with Crippen LogP contribution in [0.5, 0.6) is 11.5 Å². The Hall–Kier alpha value is -2.04. The van der Waals surface area contributed by atoms with Crippen LogP contribution in [0.15, 0.2) is 48.5 Å². The molecule has 2 aromatic rings. The van der Waals surface area contributed by atoms with Gasteiger partial charge < -0.3 is 20.3 Å². The van der Waals surface area contributed by atoms with E-state index in [1.165, 1.54) is 7.11 Å². The third-order valence-corrected chi connectivity index (χ3v) is 3.18. The van der Waals surface area contributed by atoms with Crippen molar-refractivity contribution in [2.75, 3.05) is 13.7 Å². The molecule has 0 aromatic heterocycles. The van der Waals surface area contributed by atoms with Crippen molar-refractivity contribution in [2.45, 2.75) is 12.6 Å². The number of ether oxygens (including phenoxy) is 1. The minimum Gasteiger partial charge on any atom is -0.504 e. The highest BCUT2D eigenvalue weighted by Crippen LogP contribution is 2.26. The Morgan fingerprint density at radius 1 is 1.15 bits per heavy atom. The average molecular weight is 273 g/mol. The van der Waals surface area contributed by atoms with E-state index in [1.54, 1.807) is 12.1 Å². The lowest BCUT2D eigenvalue weighted by Crippen LogP contribution is -2.23. The highest BCUT2D eigenvalue weighted by atomic mass is 16.5. The van der Waals surface area contributed by atoms with Gasteiger partial charge in [0.25, 0.3) is 0 Å². The normalized spacial score (nSPS) is 12.1. The average Bonchev–Trinajstić information content (AvgIpc) is 2.50. The fourth-order valence-corrected chi connectivity index (χ4v) is 2.05. The number of aromatic hydroxyl groups is 1. The first-order chi connectivity index (χ1) is 9.74. The van der Waals surface area contributed by atoms with Crippen LogP contribution in [0.2, 0.25) is 0 Å². The molecule has 106 valence electrons. The summed E-state index contributed by atoms with van der Waals surface area (Å²) in [5, 5.41) is 22.3. The number of hydrogen-bond acceptors (Lipinski definition) is 4. The standard InChI is InChI=1S/C16H19NO3/c1-20-16-9-12(7-8-15(16)19)10-17-14(11-18)13-5-3-2-4-6-13/h2-9,14,17-19H,10-11H2,1H3. The second kappa shape index (κ2) is 6.93. The molecule has 0 bridgehead atoms. The summed E-state index contributed by atoms with van der Waals surface area (Å²) in [6, 6.07) is 14.9. The molecule has 0 fully saturated rings. The molecule has 1 atom stereocenters. The molecule has 0 saturated carbocycles. The number of rotatable bonds is 6. The first-order valence-corrected chi connectivity index (χ1v) is 6.49.